The fraction of sp³-hybridized carbons (Fsp3) is 0.417. The Labute approximate surface area is 90.2 Å². The quantitative estimate of drug-likeness (QED) is 0.824. The van der Waals surface area contributed by atoms with Crippen molar-refractivity contribution in [2.75, 3.05) is 0 Å². The van der Waals surface area contributed by atoms with Crippen LogP contribution >= 0.6 is 0 Å². The molecule has 15 heavy (non-hydrogen) atoms. The molecule has 3 heteroatoms. The predicted molar refractivity (Wildman–Crippen MR) is 59.2 cm³/mol. The van der Waals surface area contributed by atoms with Crippen LogP contribution in [0.3, 0.4) is 0 Å². The normalized spacial score (nSPS) is 13.5. The third-order valence-electron chi connectivity index (χ3n) is 1.83. The average Bonchev–Trinajstić information content (AvgIpc) is 2.14. The molecular formula is C12H17NO2. The number of amides is 1. The summed E-state index contributed by atoms with van der Waals surface area (Å²) in [5, 5.41) is 0. The Morgan fingerprint density at radius 2 is 1.80 bits per heavy atom. The van der Waals surface area contributed by atoms with Crippen molar-refractivity contribution in [2.45, 2.75) is 32.5 Å². The molecule has 0 spiro atoms. The maximum absolute atomic E-state index is 11.3. The van der Waals surface area contributed by atoms with Crippen molar-refractivity contribution in [1.29, 1.82) is 0 Å². The number of carbonyl (C=O) groups is 1. The largest absolute Gasteiger partial charge is 0.367 e. The first kappa shape index (κ1) is 11.7. The number of nitrogens with two attached hydrogens (primary N) is 1. The second kappa shape index (κ2) is 4.45. The smallest absolute Gasteiger partial charge is 0.251 e. The van der Waals surface area contributed by atoms with E-state index in [-0.39, 0.29) is 0 Å². The molecule has 1 atom stereocenters. The summed E-state index contributed by atoms with van der Waals surface area (Å²) in [7, 11) is 0. The summed E-state index contributed by atoms with van der Waals surface area (Å²) in [5.41, 5.74) is 5.71. The molecule has 0 fully saturated rings. The molecule has 1 aromatic rings. The number of hydrogen-bond donors (Lipinski definition) is 1. The van der Waals surface area contributed by atoms with Crippen LogP contribution in [0.2, 0.25) is 0 Å². The summed E-state index contributed by atoms with van der Waals surface area (Å²) in [6.07, 6.45) is -0.675. The number of benzene rings is 1. The third kappa shape index (κ3) is 3.72. The first-order valence-electron chi connectivity index (χ1n) is 4.92. The van der Waals surface area contributed by atoms with Gasteiger partial charge in [-0.05, 0) is 26.3 Å². The first-order chi connectivity index (χ1) is 6.90. The van der Waals surface area contributed by atoms with E-state index in [9.17, 15) is 4.79 Å². The molecule has 0 aliphatic rings. The summed E-state index contributed by atoms with van der Waals surface area (Å²) >= 11 is 0. The molecule has 0 aliphatic heterocycles. The minimum Gasteiger partial charge on any atom is -0.367 e. The van der Waals surface area contributed by atoms with Crippen molar-refractivity contribution in [3.63, 3.8) is 0 Å². The average molecular weight is 207 g/mol. The molecule has 1 rings (SSSR count). The summed E-state index contributed by atoms with van der Waals surface area (Å²) in [4.78, 5) is 11.3. The summed E-state index contributed by atoms with van der Waals surface area (Å²) < 4.78 is 5.61. The zero-order valence-corrected chi connectivity index (χ0v) is 9.36. The predicted octanol–water partition coefficient (Wildman–Crippen LogP) is 2.03. The Morgan fingerprint density at radius 1 is 1.27 bits per heavy atom. The second-order valence-corrected chi connectivity index (χ2v) is 4.42. The van der Waals surface area contributed by atoms with E-state index in [0.29, 0.717) is 0 Å². The molecule has 82 valence electrons. The van der Waals surface area contributed by atoms with Gasteiger partial charge < -0.3 is 10.5 Å². The summed E-state index contributed by atoms with van der Waals surface area (Å²) in [5.74, 6) is -0.462. The molecule has 0 saturated carbocycles. The van der Waals surface area contributed by atoms with Crippen LogP contribution in [-0.2, 0) is 9.53 Å². The minimum absolute atomic E-state index is 0.393. The molecule has 0 radical (unpaired) electrons. The topological polar surface area (TPSA) is 52.3 Å². The number of rotatable bonds is 3. The summed E-state index contributed by atoms with van der Waals surface area (Å²) in [6.45, 7) is 5.68. The van der Waals surface area contributed by atoms with Gasteiger partial charge in [0, 0.05) is 0 Å². The number of hydrogen-bond acceptors (Lipinski definition) is 2. The zero-order chi connectivity index (χ0) is 11.5. The van der Waals surface area contributed by atoms with E-state index in [4.69, 9.17) is 10.5 Å². The van der Waals surface area contributed by atoms with Gasteiger partial charge in [0.05, 0.1) is 5.60 Å². The van der Waals surface area contributed by atoms with E-state index < -0.39 is 17.6 Å². The molecule has 1 aromatic carbocycles. The third-order valence-corrected chi connectivity index (χ3v) is 1.83. The van der Waals surface area contributed by atoms with Crippen molar-refractivity contribution < 1.29 is 9.53 Å². The van der Waals surface area contributed by atoms with Gasteiger partial charge in [-0.2, -0.15) is 0 Å². The molecular weight excluding hydrogens is 190 g/mol. The van der Waals surface area contributed by atoms with E-state index in [1.165, 1.54) is 0 Å². The van der Waals surface area contributed by atoms with Crippen LogP contribution in [0, 0.1) is 0 Å². The fourth-order valence-corrected chi connectivity index (χ4v) is 1.27. The standard InChI is InChI=1S/C12H17NO2/c1-12(2,3)15-10(11(13)14)9-7-5-4-6-8-9/h4-8,10H,1-3H3,(H2,13,14). The lowest BCUT2D eigenvalue weighted by molar-refractivity contribution is -0.139. The molecule has 0 aromatic heterocycles. The highest BCUT2D eigenvalue weighted by atomic mass is 16.5. The van der Waals surface area contributed by atoms with Crippen molar-refractivity contribution in [2.24, 2.45) is 5.73 Å². The Bertz CT molecular complexity index is 327. The molecule has 2 N–H and O–H groups in total. The SMILES string of the molecule is CC(C)(C)OC(C(N)=O)c1ccccc1. The van der Waals surface area contributed by atoms with Crippen molar-refractivity contribution in [3.8, 4) is 0 Å². The maximum Gasteiger partial charge on any atom is 0.251 e. The number of ether oxygens (including phenoxy) is 1. The Hall–Kier alpha value is -1.35. The molecule has 3 nitrogen and oxygen atoms in total. The highest BCUT2D eigenvalue weighted by molar-refractivity contribution is 5.80. The van der Waals surface area contributed by atoms with E-state index in [2.05, 4.69) is 0 Å². The van der Waals surface area contributed by atoms with Gasteiger partial charge in [-0.3, -0.25) is 4.79 Å². The maximum atomic E-state index is 11.3. The van der Waals surface area contributed by atoms with Gasteiger partial charge >= 0.3 is 0 Å². The second-order valence-electron chi connectivity index (χ2n) is 4.42. The van der Waals surface area contributed by atoms with Crippen molar-refractivity contribution in [3.05, 3.63) is 35.9 Å². The lowest BCUT2D eigenvalue weighted by Gasteiger charge is -2.25. The van der Waals surface area contributed by atoms with Crippen LogP contribution in [0.1, 0.15) is 32.4 Å². The van der Waals surface area contributed by atoms with E-state index in [1.807, 2.05) is 51.1 Å². The molecule has 0 aliphatic carbocycles. The Balaban J connectivity index is 2.90. The molecule has 0 saturated heterocycles. The highest BCUT2D eigenvalue weighted by Crippen LogP contribution is 2.23. The van der Waals surface area contributed by atoms with Gasteiger partial charge in [-0.1, -0.05) is 30.3 Å². The van der Waals surface area contributed by atoms with E-state index >= 15 is 0 Å². The van der Waals surface area contributed by atoms with Crippen LogP contribution in [-0.4, -0.2) is 11.5 Å². The molecule has 0 heterocycles. The van der Waals surface area contributed by atoms with Gasteiger partial charge in [-0.25, -0.2) is 0 Å². The highest BCUT2D eigenvalue weighted by Gasteiger charge is 2.24. The first-order valence-corrected chi connectivity index (χ1v) is 4.92. The van der Waals surface area contributed by atoms with Gasteiger partial charge in [0.25, 0.3) is 5.91 Å². The minimum atomic E-state index is -0.675. The van der Waals surface area contributed by atoms with Crippen LogP contribution in [0.4, 0.5) is 0 Å². The number of primary amides is 1. The van der Waals surface area contributed by atoms with Crippen LogP contribution in [0.25, 0.3) is 0 Å². The van der Waals surface area contributed by atoms with E-state index in [0.717, 1.165) is 5.56 Å². The lowest BCUT2D eigenvalue weighted by Crippen LogP contribution is -2.31. The van der Waals surface area contributed by atoms with Gasteiger partial charge in [0.1, 0.15) is 0 Å². The number of carbonyl (C=O) groups excluding carboxylic acids is 1. The monoisotopic (exact) mass is 207 g/mol. The fourth-order valence-electron chi connectivity index (χ4n) is 1.27. The lowest BCUT2D eigenvalue weighted by atomic mass is 10.1. The van der Waals surface area contributed by atoms with Gasteiger partial charge in [0.15, 0.2) is 6.10 Å². The van der Waals surface area contributed by atoms with Gasteiger partial charge in [0.2, 0.25) is 0 Å². The van der Waals surface area contributed by atoms with Crippen LogP contribution < -0.4 is 5.73 Å². The van der Waals surface area contributed by atoms with Gasteiger partial charge in [-0.15, -0.1) is 0 Å². The Morgan fingerprint density at radius 3 is 2.20 bits per heavy atom. The molecule has 1 amide bonds. The van der Waals surface area contributed by atoms with Crippen LogP contribution in [0.15, 0.2) is 30.3 Å². The van der Waals surface area contributed by atoms with Crippen LogP contribution in [0.5, 0.6) is 0 Å². The van der Waals surface area contributed by atoms with E-state index in [1.54, 1.807) is 0 Å². The van der Waals surface area contributed by atoms with Crippen molar-refractivity contribution >= 4 is 5.91 Å². The molecule has 0 bridgehead atoms. The molecule has 1 unspecified atom stereocenters. The Kier molecular flexibility index (Phi) is 3.48. The zero-order valence-electron chi connectivity index (χ0n) is 9.36. The van der Waals surface area contributed by atoms with Crippen molar-refractivity contribution in [1.82, 2.24) is 0 Å². The summed E-state index contributed by atoms with van der Waals surface area (Å²) in [6, 6.07) is 9.27.